The second-order valence-electron chi connectivity index (χ2n) is 5.91. The van der Waals surface area contributed by atoms with Crippen LogP contribution in [0, 0.1) is 0 Å². The Bertz CT molecular complexity index is 1010. The number of carbonyl (C=O) groups is 2. The van der Waals surface area contributed by atoms with Crippen LogP contribution in [0.1, 0.15) is 23.7 Å². The van der Waals surface area contributed by atoms with Crippen LogP contribution in [0.3, 0.4) is 0 Å². The third kappa shape index (κ3) is 4.53. The van der Waals surface area contributed by atoms with E-state index < -0.39 is 11.9 Å². The van der Waals surface area contributed by atoms with E-state index >= 15 is 0 Å². The number of carbonyl (C=O) groups excluding carboxylic acids is 2. The summed E-state index contributed by atoms with van der Waals surface area (Å²) in [6.07, 6.45) is 0.750. The SMILES string of the molecule is CCCOC(=O)c1ccc(OCC(=O)N=Nc2c(O)[nH]c3ccccc23)cc1. The molecule has 0 aliphatic heterocycles. The fourth-order valence-corrected chi connectivity index (χ4v) is 2.46. The fourth-order valence-electron chi connectivity index (χ4n) is 2.46. The molecule has 1 amide bonds. The highest BCUT2D eigenvalue weighted by atomic mass is 16.5. The second kappa shape index (κ2) is 8.81. The number of amides is 1. The first kappa shape index (κ1) is 19.1. The smallest absolute Gasteiger partial charge is 0.338 e. The summed E-state index contributed by atoms with van der Waals surface area (Å²) in [5, 5.41) is 18.0. The monoisotopic (exact) mass is 381 g/mol. The Balaban J connectivity index is 1.57. The number of hydrogen-bond donors (Lipinski definition) is 2. The van der Waals surface area contributed by atoms with Crippen LogP contribution in [0.4, 0.5) is 5.69 Å². The lowest BCUT2D eigenvalue weighted by atomic mass is 10.2. The number of H-pyrrole nitrogens is 1. The lowest BCUT2D eigenvalue weighted by Crippen LogP contribution is -2.08. The van der Waals surface area contributed by atoms with Crippen molar-refractivity contribution < 1.29 is 24.2 Å². The van der Waals surface area contributed by atoms with Gasteiger partial charge < -0.3 is 19.6 Å². The van der Waals surface area contributed by atoms with Gasteiger partial charge in [-0.3, -0.25) is 4.79 Å². The van der Waals surface area contributed by atoms with E-state index in [-0.39, 0.29) is 18.2 Å². The van der Waals surface area contributed by atoms with Crippen molar-refractivity contribution in [2.24, 2.45) is 10.2 Å². The molecular formula is C20H19N3O5. The van der Waals surface area contributed by atoms with Crippen LogP contribution < -0.4 is 4.74 Å². The van der Waals surface area contributed by atoms with Crippen molar-refractivity contribution in [1.82, 2.24) is 4.98 Å². The summed E-state index contributed by atoms with van der Waals surface area (Å²) in [4.78, 5) is 26.4. The van der Waals surface area contributed by atoms with E-state index in [2.05, 4.69) is 15.2 Å². The van der Waals surface area contributed by atoms with Gasteiger partial charge in [0.1, 0.15) is 5.75 Å². The summed E-state index contributed by atoms with van der Waals surface area (Å²) in [6, 6.07) is 13.4. The predicted molar refractivity (Wildman–Crippen MR) is 102 cm³/mol. The van der Waals surface area contributed by atoms with Crippen molar-refractivity contribution in [3.05, 3.63) is 54.1 Å². The summed E-state index contributed by atoms with van der Waals surface area (Å²) in [6.45, 7) is 1.95. The summed E-state index contributed by atoms with van der Waals surface area (Å²) >= 11 is 0. The average Bonchev–Trinajstić information content (AvgIpc) is 3.04. The number of benzene rings is 2. The van der Waals surface area contributed by atoms with Gasteiger partial charge in [0.25, 0.3) is 0 Å². The average molecular weight is 381 g/mol. The molecular weight excluding hydrogens is 362 g/mol. The third-order valence-corrected chi connectivity index (χ3v) is 3.81. The Morgan fingerprint density at radius 1 is 1.11 bits per heavy atom. The molecule has 1 aromatic heterocycles. The van der Waals surface area contributed by atoms with Gasteiger partial charge in [-0.15, -0.1) is 10.2 Å². The van der Waals surface area contributed by atoms with Crippen LogP contribution in [0.5, 0.6) is 11.6 Å². The number of nitrogens with one attached hydrogen (secondary N) is 1. The van der Waals surface area contributed by atoms with E-state index in [1.54, 1.807) is 42.5 Å². The molecule has 0 fully saturated rings. The van der Waals surface area contributed by atoms with Gasteiger partial charge in [0.05, 0.1) is 17.7 Å². The Hall–Kier alpha value is -3.68. The number of aromatic hydroxyl groups is 1. The van der Waals surface area contributed by atoms with E-state index in [9.17, 15) is 14.7 Å². The minimum Gasteiger partial charge on any atom is -0.493 e. The molecule has 0 radical (unpaired) electrons. The zero-order chi connectivity index (χ0) is 19.9. The van der Waals surface area contributed by atoms with Gasteiger partial charge >= 0.3 is 11.9 Å². The van der Waals surface area contributed by atoms with E-state index in [0.717, 1.165) is 6.42 Å². The molecule has 2 aromatic carbocycles. The number of para-hydroxylation sites is 1. The molecule has 1 heterocycles. The number of rotatable bonds is 7. The number of ether oxygens (including phenoxy) is 2. The van der Waals surface area contributed by atoms with E-state index in [0.29, 0.717) is 28.8 Å². The molecule has 28 heavy (non-hydrogen) atoms. The van der Waals surface area contributed by atoms with Crippen molar-refractivity contribution >= 4 is 28.5 Å². The molecule has 0 saturated heterocycles. The van der Waals surface area contributed by atoms with Gasteiger partial charge in [-0.2, -0.15) is 0 Å². The van der Waals surface area contributed by atoms with Gasteiger partial charge in [-0.05, 0) is 36.8 Å². The molecule has 0 aliphatic carbocycles. The van der Waals surface area contributed by atoms with E-state index in [4.69, 9.17) is 9.47 Å². The van der Waals surface area contributed by atoms with Gasteiger partial charge in [-0.25, -0.2) is 4.79 Å². The fraction of sp³-hybridized carbons (Fsp3) is 0.200. The lowest BCUT2D eigenvalue weighted by molar-refractivity contribution is -0.120. The molecule has 3 rings (SSSR count). The molecule has 2 N–H and O–H groups in total. The first-order chi connectivity index (χ1) is 13.6. The topological polar surface area (TPSA) is 113 Å². The van der Waals surface area contributed by atoms with Crippen LogP contribution in [0.15, 0.2) is 58.8 Å². The molecule has 0 spiro atoms. The highest BCUT2D eigenvalue weighted by molar-refractivity contribution is 5.94. The quantitative estimate of drug-likeness (QED) is 0.472. The number of esters is 1. The largest absolute Gasteiger partial charge is 0.493 e. The highest BCUT2D eigenvalue weighted by Crippen LogP contribution is 2.35. The zero-order valence-corrected chi connectivity index (χ0v) is 15.2. The Morgan fingerprint density at radius 3 is 2.61 bits per heavy atom. The molecule has 0 saturated carbocycles. The van der Waals surface area contributed by atoms with Crippen LogP contribution >= 0.6 is 0 Å². The van der Waals surface area contributed by atoms with E-state index in [1.807, 2.05) is 13.0 Å². The van der Waals surface area contributed by atoms with Crippen molar-refractivity contribution in [2.45, 2.75) is 13.3 Å². The Morgan fingerprint density at radius 2 is 1.86 bits per heavy atom. The molecule has 0 atom stereocenters. The number of hydrogen-bond acceptors (Lipinski definition) is 6. The zero-order valence-electron chi connectivity index (χ0n) is 15.2. The minimum atomic E-state index is -0.615. The number of aromatic nitrogens is 1. The molecule has 0 unspecified atom stereocenters. The minimum absolute atomic E-state index is 0.163. The first-order valence-electron chi connectivity index (χ1n) is 8.72. The summed E-state index contributed by atoms with van der Waals surface area (Å²) in [5.41, 5.74) is 1.29. The molecule has 8 heteroatoms. The number of azo groups is 1. The van der Waals surface area contributed by atoms with Crippen LogP contribution in [-0.2, 0) is 9.53 Å². The number of nitrogens with zero attached hydrogens (tertiary/aromatic N) is 2. The van der Waals surface area contributed by atoms with Crippen LogP contribution in [-0.4, -0.2) is 35.2 Å². The van der Waals surface area contributed by atoms with Crippen LogP contribution in [0.25, 0.3) is 10.9 Å². The van der Waals surface area contributed by atoms with Gasteiger partial charge in [0, 0.05) is 5.39 Å². The Labute approximate surface area is 160 Å². The maximum atomic E-state index is 11.9. The first-order valence-corrected chi connectivity index (χ1v) is 8.72. The van der Waals surface area contributed by atoms with Gasteiger partial charge in [0.2, 0.25) is 5.88 Å². The van der Waals surface area contributed by atoms with Crippen molar-refractivity contribution in [1.29, 1.82) is 0 Å². The second-order valence-corrected chi connectivity index (χ2v) is 5.91. The molecule has 8 nitrogen and oxygen atoms in total. The maximum Gasteiger partial charge on any atom is 0.338 e. The van der Waals surface area contributed by atoms with E-state index in [1.165, 1.54) is 0 Å². The molecule has 3 aromatic rings. The van der Waals surface area contributed by atoms with Crippen LogP contribution in [0.2, 0.25) is 0 Å². The number of fused-ring (bicyclic) bond motifs is 1. The summed E-state index contributed by atoms with van der Waals surface area (Å²) in [5.74, 6) is -0.775. The summed E-state index contributed by atoms with van der Waals surface area (Å²) < 4.78 is 10.4. The molecule has 144 valence electrons. The standard InChI is InChI=1S/C20H19N3O5/c1-2-11-27-20(26)13-7-9-14(10-8-13)28-12-17(24)22-23-18-15-5-3-4-6-16(15)21-19(18)25/h3-10,21,25H,2,11-12H2,1H3. The lowest BCUT2D eigenvalue weighted by Gasteiger charge is -2.05. The molecule has 0 aliphatic rings. The predicted octanol–water partition coefficient (Wildman–Crippen LogP) is 4.13. The van der Waals surface area contributed by atoms with Gasteiger partial charge in [0.15, 0.2) is 12.3 Å². The van der Waals surface area contributed by atoms with Crippen molar-refractivity contribution in [3.63, 3.8) is 0 Å². The maximum absolute atomic E-state index is 11.9. The summed E-state index contributed by atoms with van der Waals surface area (Å²) in [7, 11) is 0. The molecule has 0 bridgehead atoms. The van der Waals surface area contributed by atoms with Crippen molar-refractivity contribution in [3.8, 4) is 11.6 Å². The number of aromatic amines is 1. The highest BCUT2D eigenvalue weighted by Gasteiger charge is 2.11. The third-order valence-electron chi connectivity index (χ3n) is 3.81. The van der Waals surface area contributed by atoms with Crippen molar-refractivity contribution in [2.75, 3.05) is 13.2 Å². The normalized spacial score (nSPS) is 11.0. The Kier molecular flexibility index (Phi) is 6.01. The van der Waals surface area contributed by atoms with Gasteiger partial charge in [-0.1, -0.05) is 25.1 Å².